The van der Waals surface area contributed by atoms with E-state index in [0.29, 0.717) is 13.0 Å². The Morgan fingerprint density at radius 1 is 1.09 bits per heavy atom. The van der Waals surface area contributed by atoms with Gasteiger partial charge in [-0.05, 0) is 31.7 Å². The molecular formula is C17H24N2O4. The van der Waals surface area contributed by atoms with Crippen molar-refractivity contribution in [3.05, 3.63) is 35.9 Å². The third kappa shape index (κ3) is 8.60. The van der Waals surface area contributed by atoms with Crippen LogP contribution in [0.1, 0.15) is 38.7 Å². The molecule has 0 unspecified atom stereocenters. The first-order valence-electron chi connectivity index (χ1n) is 7.71. The Morgan fingerprint density at radius 2 is 1.78 bits per heavy atom. The summed E-state index contributed by atoms with van der Waals surface area (Å²) >= 11 is 0. The summed E-state index contributed by atoms with van der Waals surface area (Å²) in [6, 6.07) is 8.77. The first-order chi connectivity index (χ1) is 11.0. The predicted octanol–water partition coefficient (Wildman–Crippen LogP) is 2.18. The van der Waals surface area contributed by atoms with E-state index in [9.17, 15) is 14.4 Å². The summed E-state index contributed by atoms with van der Waals surface area (Å²) in [5, 5.41) is 5.28. The van der Waals surface area contributed by atoms with Crippen LogP contribution >= 0.6 is 0 Å². The van der Waals surface area contributed by atoms with Crippen molar-refractivity contribution < 1.29 is 19.1 Å². The van der Waals surface area contributed by atoms with Crippen molar-refractivity contribution in [2.24, 2.45) is 0 Å². The zero-order valence-electron chi connectivity index (χ0n) is 13.6. The van der Waals surface area contributed by atoms with Gasteiger partial charge in [-0.2, -0.15) is 0 Å². The van der Waals surface area contributed by atoms with Crippen molar-refractivity contribution in [1.29, 1.82) is 0 Å². The van der Waals surface area contributed by atoms with Gasteiger partial charge in [0.05, 0.1) is 6.04 Å². The third-order valence-electron chi connectivity index (χ3n) is 3.29. The zero-order chi connectivity index (χ0) is 17.1. The lowest BCUT2D eigenvalue weighted by atomic mass is 10.1. The zero-order valence-corrected chi connectivity index (χ0v) is 13.6. The van der Waals surface area contributed by atoms with Crippen LogP contribution < -0.4 is 10.6 Å². The molecule has 23 heavy (non-hydrogen) atoms. The second kappa shape index (κ2) is 10.4. The predicted molar refractivity (Wildman–Crippen MR) is 86.8 cm³/mol. The minimum atomic E-state index is -0.601. The van der Waals surface area contributed by atoms with Crippen LogP contribution in [0.25, 0.3) is 0 Å². The van der Waals surface area contributed by atoms with Gasteiger partial charge in [0.1, 0.15) is 6.61 Å². The van der Waals surface area contributed by atoms with E-state index in [1.54, 1.807) is 0 Å². The van der Waals surface area contributed by atoms with Gasteiger partial charge in [-0.1, -0.05) is 30.3 Å². The Morgan fingerprint density at radius 3 is 2.39 bits per heavy atom. The normalized spacial score (nSPS) is 11.4. The number of ketones is 1. The summed E-state index contributed by atoms with van der Waals surface area (Å²) in [6.45, 7) is 3.64. The average Bonchev–Trinajstić information content (AvgIpc) is 2.52. The monoisotopic (exact) mass is 320 g/mol. The summed E-state index contributed by atoms with van der Waals surface area (Å²) in [6.07, 6.45) is 1.40. The summed E-state index contributed by atoms with van der Waals surface area (Å²) in [4.78, 5) is 34.1. The second-order valence-electron chi connectivity index (χ2n) is 5.35. The molecule has 0 aromatic heterocycles. The maximum Gasteiger partial charge on any atom is 0.408 e. The van der Waals surface area contributed by atoms with Crippen LogP contribution in [-0.2, 0) is 20.9 Å². The molecule has 2 amide bonds. The molecule has 6 nitrogen and oxygen atoms in total. The Hall–Kier alpha value is -2.37. The van der Waals surface area contributed by atoms with Crippen LogP contribution in [0.4, 0.5) is 4.79 Å². The lowest BCUT2D eigenvalue weighted by Crippen LogP contribution is -2.40. The molecule has 2 N–H and O–H groups in total. The third-order valence-corrected chi connectivity index (χ3v) is 3.29. The quantitative estimate of drug-likeness (QED) is 0.683. The van der Waals surface area contributed by atoms with E-state index in [1.807, 2.05) is 30.3 Å². The number of hydrogen-bond donors (Lipinski definition) is 2. The smallest absolute Gasteiger partial charge is 0.408 e. The molecule has 0 spiro atoms. The molecule has 0 fully saturated rings. The molecule has 0 saturated heterocycles. The molecule has 0 radical (unpaired) electrons. The summed E-state index contributed by atoms with van der Waals surface area (Å²) in [7, 11) is 0. The highest BCUT2D eigenvalue weighted by Crippen LogP contribution is 2.04. The first-order valence-corrected chi connectivity index (χ1v) is 7.71. The van der Waals surface area contributed by atoms with Crippen molar-refractivity contribution in [2.75, 3.05) is 6.54 Å². The molecule has 1 atom stereocenters. The van der Waals surface area contributed by atoms with Crippen LogP contribution in [0.5, 0.6) is 0 Å². The topological polar surface area (TPSA) is 84.5 Å². The van der Waals surface area contributed by atoms with Crippen molar-refractivity contribution >= 4 is 17.8 Å². The summed E-state index contributed by atoms with van der Waals surface area (Å²) < 4.78 is 5.11. The van der Waals surface area contributed by atoms with E-state index >= 15 is 0 Å². The van der Waals surface area contributed by atoms with Gasteiger partial charge < -0.3 is 15.4 Å². The van der Waals surface area contributed by atoms with E-state index in [0.717, 1.165) is 18.4 Å². The number of amides is 2. The van der Waals surface area contributed by atoms with Crippen LogP contribution in [-0.4, -0.2) is 30.4 Å². The maximum atomic E-state index is 11.8. The van der Waals surface area contributed by atoms with Crippen LogP contribution in [0, 0.1) is 0 Å². The number of nitrogens with one attached hydrogen (secondary N) is 2. The molecule has 0 saturated carbocycles. The molecule has 1 aromatic carbocycles. The fourth-order valence-corrected chi connectivity index (χ4v) is 2.02. The fraction of sp³-hybridized carbons (Fsp3) is 0.471. The van der Waals surface area contributed by atoms with E-state index in [1.165, 1.54) is 13.8 Å². The highest BCUT2D eigenvalue weighted by Gasteiger charge is 2.17. The van der Waals surface area contributed by atoms with Crippen molar-refractivity contribution in [2.45, 2.75) is 45.8 Å². The largest absolute Gasteiger partial charge is 0.445 e. The fourth-order valence-electron chi connectivity index (χ4n) is 2.02. The van der Waals surface area contributed by atoms with Crippen LogP contribution in [0.2, 0.25) is 0 Å². The average molecular weight is 320 g/mol. The van der Waals surface area contributed by atoms with Crippen molar-refractivity contribution in [1.82, 2.24) is 10.6 Å². The Balaban J connectivity index is 2.29. The Labute approximate surface area is 136 Å². The van der Waals surface area contributed by atoms with Crippen LogP contribution in [0.3, 0.4) is 0 Å². The number of Topliss-reactive ketones (excluding diaryl/α,β-unsaturated/α-hetero) is 1. The highest BCUT2D eigenvalue weighted by atomic mass is 16.5. The molecule has 0 bridgehead atoms. The Bertz CT molecular complexity index is 517. The molecule has 1 aromatic rings. The molecular weight excluding hydrogens is 296 g/mol. The van der Waals surface area contributed by atoms with Gasteiger partial charge in [0, 0.05) is 13.5 Å². The molecule has 0 aliphatic carbocycles. The van der Waals surface area contributed by atoms with Gasteiger partial charge in [0.2, 0.25) is 5.91 Å². The van der Waals surface area contributed by atoms with Gasteiger partial charge in [-0.15, -0.1) is 0 Å². The second-order valence-corrected chi connectivity index (χ2v) is 5.35. The standard InChI is InChI=1S/C17H24N2O4/c1-13(20)16(10-6-7-11-18-14(2)21)19-17(22)23-12-15-8-4-3-5-9-15/h3-5,8-9,16H,6-7,10-12H2,1-2H3,(H,18,21)(H,19,22)/t16-/m0/s1. The summed E-state index contributed by atoms with van der Waals surface area (Å²) in [5.74, 6) is -0.183. The van der Waals surface area contributed by atoms with Gasteiger partial charge in [-0.3, -0.25) is 9.59 Å². The maximum absolute atomic E-state index is 11.8. The SMILES string of the molecule is CC(=O)NCCCC[C@H](NC(=O)OCc1ccccc1)C(C)=O. The highest BCUT2D eigenvalue weighted by molar-refractivity contribution is 5.85. The molecule has 0 aliphatic heterocycles. The van der Waals surface area contributed by atoms with Gasteiger partial charge in [0.15, 0.2) is 5.78 Å². The minimum Gasteiger partial charge on any atom is -0.445 e. The number of benzene rings is 1. The first kappa shape index (κ1) is 18.7. The van der Waals surface area contributed by atoms with Crippen molar-refractivity contribution in [3.63, 3.8) is 0 Å². The van der Waals surface area contributed by atoms with E-state index in [2.05, 4.69) is 10.6 Å². The van der Waals surface area contributed by atoms with Gasteiger partial charge >= 0.3 is 6.09 Å². The van der Waals surface area contributed by atoms with E-state index in [4.69, 9.17) is 4.74 Å². The Kier molecular flexibility index (Phi) is 8.42. The van der Waals surface area contributed by atoms with Gasteiger partial charge in [-0.25, -0.2) is 4.79 Å². The number of carbonyl (C=O) groups is 3. The molecule has 1 rings (SSSR count). The minimum absolute atomic E-state index is 0.0734. The molecule has 126 valence electrons. The lowest BCUT2D eigenvalue weighted by Gasteiger charge is -2.16. The molecule has 0 heterocycles. The molecule has 6 heteroatoms. The number of carbonyl (C=O) groups excluding carboxylic acids is 3. The summed E-state index contributed by atoms with van der Waals surface area (Å²) in [5.41, 5.74) is 0.886. The van der Waals surface area contributed by atoms with Crippen molar-refractivity contribution in [3.8, 4) is 0 Å². The van der Waals surface area contributed by atoms with Crippen LogP contribution in [0.15, 0.2) is 30.3 Å². The number of hydrogen-bond acceptors (Lipinski definition) is 4. The van der Waals surface area contributed by atoms with E-state index in [-0.39, 0.29) is 18.3 Å². The number of unbranched alkanes of at least 4 members (excludes halogenated alkanes) is 1. The number of alkyl carbamates (subject to hydrolysis) is 1. The lowest BCUT2D eigenvalue weighted by molar-refractivity contribution is -0.120. The van der Waals surface area contributed by atoms with Gasteiger partial charge in [0.25, 0.3) is 0 Å². The number of ether oxygens (including phenoxy) is 1. The number of rotatable bonds is 9. The molecule has 0 aliphatic rings. The van der Waals surface area contributed by atoms with E-state index < -0.39 is 12.1 Å².